The second kappa shape index (κ2) is 5.01. The zero-order chi connectivity index (χ0) is 15.8. The summed E-state index contributed by atoms with van der Waals surface area (Å²) < 4.78 is 66.5. The second-order valence-corrected chi connectivity index (χ2v) is 4.44. The zero-order valence-electron chi connectivity index (χ0n) is 10.3. The minimum atomic E-state index is -4.66. The summed E-state index contributed by atoms with van der Waals surface area (Å²) >= 11 is 0. The standard InChI is InChI=1S/C11H9F5N2O3/c12-10(13)3-18(4-10)7-2-1-6(9(19)20)17-8(7)21-5-11(14,15)16/h1-2H,3-5H2,(H,19,20). The van der Waals surface area contributed by atoms with Gasteiger partial charge in [-0.2, -0.15) is 13.2 Å². The van der Waals surface area contributed by atoms with Crippen LogP contribution in [-0.2, 0) is 0 Å². The van der Waals surface area contributed by atoms with Gasteiger partial charge in [-0.15, -0.1) is 0 Å². The Morgan fingerprint density at radius 3 is 2.48 bits per heavy atom. The maximum atomic E-state index is 12.8. The smallest absolute Gasteiger partial charge is 0.422 e. The van der Waals surface area contributed by atoms with Gasteiger partial charge in [0.25, 0.3) is 5.92 Å². The normalized spacial score (nSPS) is 17.3. The van der Waals surface area contributed by atoms with E-state index in [0.717, 1.165) is 17.0 Å². The molecule has 21 heavy (non-hydrogen) atoms. The summed E-state index contributed by atoms with van der Waals surface area (Å²) in [5, 5.41) is 8.75. The zero-order valence-corrected chi connectivity index (χ0v) is 10.3. The van der Waals surface area contributed by atoms with Gasteiger partial charge in [-0.1, -0.05) is 0 Å². The fraction of sp³-hybridized carbons (Fsp3) is 0.455. The molecule has 1 fully saturated rings. The molecule has 1 saturated heterocycles. The topological polar surface area (TPSA) is 62.7 Å². The van der Waals surface area contributed by atoms with Gasteiger partial charge in [-0.3, -0.25) is 0 Å². The number of aromatic carboxylic acids is 1. The lowest BCUT2D eigenvalue weighted by Gasteiger charge is -2.40. The van der Waals surface area contributed by atoms with E-state index >= 15 is 0 Å². The number of aromatic nitrogens is 1. The van der Waals surface area contributed by atoms with Crippen molar-refractivity contribution < 1.29 is 36.6 Å². The van der Waals surface area contributed by atoms with Crippen LogP contribution >= 0.6 is 0 Å². The van der Waals surface area contributed by atoms with Gasteiger partial charge < -0.3 is 14.7 Å². The molecule has 1 aromatic heterocycles. The molecule has 1 N–H and O–H groups in total. The number of ether oxygens (including phenoxy) is 1. The third kappa shape index (κ3) is 3.70. The molecule has 0 aliphatic carbocycles. The molecule has 1 aromatic rings. The Kier molecular flexibility index (Phi) is 3.64. The van der Waals surface area contributed by atoms with Crippen LogP contribution in [0.5, 0.6) is 5.88 Å². The predicted octanol–water partition coefficient (Wildman–Crippen LogP) is 2.18. The largest absolute Gasteiger partial charge is 0.477 e. The van der Waals surface area contributed by atoms with Gasteiger partial charge in [-0.25, -0.2) is 18.6 Å². The molecule has 0 aromatic carbocycles. The third-order valence-corrected chi connectivity index (χ3v) is 2.62. The number of hydrogen-bond acceptors (Lipinski definition) is 4. The SMILES string of the molecule is O=C(O)c1ccc(N2CC(F)(F)C2)c(OCC(F)(F)F)n1. The number of halogens is 5. The highest BCUT2D eigenvalue weighted by Gasteiger charge is 2.45. The van der Waals surface area contributed by atoms with E-state index < -0.39 is 49.3 Å². The molecule has 2 heterocycles. The summed E-state index contributed by atoms with van der Waals surface area (Å²) in [5.41, 5.74) is -0.640. The number of hydrogen-bond donors (Lipinski definition) is 1. The van der Waals surface area contributed by atoms with Crippen LogP contribution in [0.25, 0.3) is 0 Å². The summed E-state index contributed by atoms with van der Waals surface area (Å²) in [6.07, 6.45) is -4.66. The van der Waals surface area contributed by atoms with Crippen molar-refractivity contribution in [3.8, 4) is 5.88 Å². The highest BCUT2D eigenvalue weighted by Crippen LogP contribution is 2.37. The first-order valence-electron chi connectivity index (χ1n) is 5.64. The van der Waals surface area contributed by atoms with E-state index in [1.54, 1.807) is 0 Å². The number of carbonyl (C=O) groups is 1. The van der Waals surface area contributed by atoms with E-state index in [9.17, 15) is 26.7 Å². The molecule has 5 nitrogen and oxygen atoms in total. The Labute approximate surface area is 114 Å². The van der Waals surface area contributed by atoms with Crippen molar-refractivity contribution in [3.05, 3.63) is 17.8 Å². The molecule has 10 heteroatoms. The van der Waals surface area contributed by atoms with E-state index in [0.29, 0.717) is 0 Å². The van der Waals surface area contributed by atoms with Gasteiger partial charge in [0.05, 0.1) is 13.1 Å². The van der Waals surface area contributed by atoms with Gasteiger partial charge in [-0.05, 0) is 12.1 Å². The number of anilines is 1. The van der Waals surface area contributed by atoms with E-state index in [1.165, 1.54) is 0 Å². The Balaban J connectivity index is 2.24. The first-order chi connectivity index (χ1) is 9.57. The molecule has 2 rings (SSSR count). The van der Waals surface area contributed by atoms with Crippen LogP contribution in [-0.4, -0.2) is 47.9 Å². The minimum absolute atomic E-state index is 0.102. The first kappa shape index (κ1) is 15.3. The van der Waals surface area contributed by atoms with Crippen molar-refractivity contribution in [1.29, 1.82) is 0 Å². The molecule has 0 spiro atoms. The number of rotatable bonds is 4. The second-order valence-electron chi connectivity index (χ2n) is 4.44. The molecule has 0 unspecified atom stereocenters. The lowest BCUT2D eigenvalue weighted by Crippen LogP contribution is -2.56. The molecule has 0 bridgehead atoms. The van der Waals surface area contributed by atoms with Crippen LogP contribution in [0.2, 0.25) is 0 Å². The van der Waals surface area contributed by atoms with E-state index in [4.69, 9.17) is 5.11 Å². The molecular formula is C11H9F5N2O3. The van der Waals surface area contributed by atoms with Crippen molar-refractivity contribution in [2.45, 2.75) is 12.1 Å². The van der Waals surface area contributed by atoms with Crippen LogP contribution in [0.4, 0.5) is 27.6 Å². The molecular weight excluding hydrogens is 303 g/mol. The van der Waals surface area contributed by atoms with Crippen molar-refractivity contribution in [1.82, 2.24) is 4.98 Å². The van der Waals surface area contributed by atoms with Gasteiger partial charge in [0, 0.05) is 0 Å². The summed E-state index contributed by atoms with van der Waals surface area (Å²) in [6, 6.07) is 2.10. The molecule has 1 aliphatic heterocycles. The van der Waals surface area contributed by atoms with E-state index in [-0.39, 0.29) is 5.69 Å². The van der Waals surface area contributed by atoms with Crippen LogP contribution in [0, 0.1) is 0 Å². The number of carboxylic acids is 1. The van der Waals surface area contributed by atoms with Crippen molar-refractivity contribution in [2.75, 3.05) is 24.6 Å². The third-order valence-electron chi connectivity index (χ3n) is 2.62. The van der Waals surface area contributed by atoms with Crippen molar-refractivity contribution in [3.63, 3.8) is 0 Å². The monoisotopic (exact) mass is 312 g/mol. The number of alkyl halides is 5. The fourth-order valence-electron chi connectivity index (χ4n) is 1.73. The molecule has 0 atom stereocenters. The van der Waals surface area contributed by atoms with Crippen molar-refractivity contribution in [2.24, 2.45) is 0 Å². The van der Waals surface area contributed by atoms with Crippen molar-refractivity contribution >= 4 is 11.7 Å². The maximum Gasteiger partial charge on any atom is 0.422 e. The number of nitrogens with zero attached hydrogens (tertiary/aromatic N) is 2. The Hall–Kier alpha value is -2.13. The van der Waals surface area contributed by atoms with E-state index in [2.05, 4.69) is 9.72 Å². The fourth-order valence-corrected chi connectivity index (χ4v) is 1.73. The van der Waals surface area contributed by atoms with Crippen LogP contribution in [0.1, 0.15) is 10.5 Å². The Morgan fingerprint density at radius 1 is 1.38 bits per heavy atom. The maximum absolute atomic E-state index is 12.8. The minimum Gasteiger partial charge on any atom is -0.477 e. The summed E-state index contributed by atoms with van der Waals surface area (Å²) in [6.45, 7) is -3.08. The van der Waals surface area contributed by atoms with Gasteiger partial charge in [0.2, 0.25) is 5.88 Å². The van der Waals surface area contributed by atoms with Crippen LogP contribution < -0.4 is 9.64 Å². The quantitative estimate of drug-likeness (QED) is 0.863. The summed E-state index contributed by atoms with van der Waals surface area (Å²) in [7, 11) is 0. The molecule has 0 amide bonds. The van der Waals surface area contributed by atoms with Gasteiger partial charge in [0.1, 0.15) is 5.69 Å². The lowest BCUT2D eigenvalue weighted by molar-refractivity contribution is -0.154. The summed E-state index contributed by atoms with van der Waals surface area (Å²) in [4.78, 5) is 15.2. The highest BCUT2D eigenvalue weighted by molar-refractivity contribution is 5.86. The molecule has 0 saturated carbocycles. The van der Waals surface area contributed by atoms with Gasteiger partial charge >= 0.3 is 12.1 Å². The molecule has 116 valence electrons. The van der Waals surface area contributed by atoms with Gasteiger partial charge in [0.15, 0.2) is 12.3 Å². The average molecular weight is 312 g/mol. The molecule has 1 aliphatic rings. The predicted molar refractivity (Wildman–Crippen MR) is 59.9 cm³/mol. The van der Waals surface area contributed by atoms with Crippen LogP contribution in [0.3, 0.4) is 0 Å². The summed E-state index contributed by atoms with van der Waals surface area (Å²) in [5.74, 6) is -5.04. The first-order valence-corrected chi connectivity index (χ1v) is 5.64. The highest BCUT2D eigenvalue weighted by atomic mass is 19.4. The van der Waals surface area contributed by atoms with E-state index in [1.807, 2.05) is 0 Å². The Morgan fingerprint density at radius 2 is 2.00 bits per heavy atom. The Bertz CT molecular complexity index is 553. The average Bonchev–Trinajstić information content (AvgIpc) is 2.32. The van der Waals surface area contributed by atoms with Crippen LogP contribution in [0.15, 0.2) is 12.1 Å². The number of pyridine rings is 1. The molecule has 0 radical (unpaired) electrons. The lowest BCUT2D eigenvalue weighted by atomic mass is 10.1. The number of carboxylic acid groups (broad SMARTS) is 1.